The second-order valence-electron chi connectivity index (χ2n) is 4.33. The SMILES string of the molecule is Cc1cc(/C=C/C(=O)c2nn(C)cc2[N+](=O)[O-])n(C)n1. The number of ketones is 1. The molecule has 2 aromatic heterocycles. The fourth-order valence-electron chi connectivity index (χ4n) is 1.81. The Labute approximate surface area is 114 Å². The predicted octanol–water partition coefficient (Wildman–Crippen LogP) is 1.27. The number of aryl methyl sites for hydroxylation is 3. The summed E-state index contributed by atoms with van der Waals surface area (Å²) in [6.45, 7) is 1.84. The summed E-state index contributed by atoms with van der Waals surface area (Å²) in [4.78, 5) is 22.2. The third kappa shape index (κ3) is 2.63. The van der Waals surface area contributed by atoms with Crippen LogP contribution in [0.2, 0.25) is 0 Å². The molecule has 0 aliphatic carbocycles. The van der Waals surface area contributed by atoms with Crippen LogP contribution in [0.25, 0.3) is 6.08 Å². The normalized spacial score (nSPS) is 11.2. The number of allylic oxidation sites excluding steroid dienone is 1. The second-order valence-corrected chi connectivity index (χ2v) is 4.33. The summed E-state index contributed by atoms with van der Waals surface area (Å²) in [7, 11) is 3.28. The van der Waals surface area contributed by atoms with Crippen molar-refractivity contribution in [1.29, 1.82) is 0 Å². The minimum absolute atomic E-state index is 0.173. The Morgan fingerprint density at radius 2 is 2.10 bits per heavy atom. The van der Waals surface area contributed by atoms with Crippen LogP contribution in [0.3, 0.4) is 0 Å². The lowest BCUT2D eigenvalue weighted by molar-refractivity contribution is -0.385. The first-order valence-electron chi connectivity index (χ1n) is 5.79. The van der Waals surface area contributed by atoms with Crippen molar-refractivity contribution >= 4 is 17.5 Å². The Balaban J connectivity index is 2.29. The Hall–Kier alpha value is -2.77. The fourth-order valence-corrected chi connectivity index (χ4v) is 1.81. The number of rotatable bonds is 4. The number of hydrogen-bond acceptors (Lipinski definition) is 5. The fraction of sp³-hybridized carbons (Fsp3) is 0.250. The molecule has 8 nitrogen and oxygen atoms in total. The van der Waals surface area contributed by atoms with Crippen molar-refractivity contribution in [2.75, 3.05) is 0 Å². The number of nitro groups is 1. The van der Waals surface area contributed by atoms with Crippen LogP contribution in [0.15, 0.2) is 18.3 Å². The van der Waals surface area contributed by atoms with E-state index >= 15 is 0 Å². The molecule has 2 rings (SSSR count). The van der Waals surface area contributed by atoms with Gasteiger partial charge in [0.15, 0.2) is 0 Å². The molecule has 0 atom stereocenters. The van der Waals surface area contributed by atoms with Gasteiger partial charge in [0.2, 0.25) is 11.5 Å². The molecule has 104 valence electrons. The molecule has 0 aromatic carbocycles. The van der Waals surface area contributed by atoms with Crippen LogP contribution in [-0.2, 0) is 14.1 Å². The summed E-state index contributed by atoms with van der Waals surface area (Å²) >= 11 is 0. The number of carbonyl (C=O) groups excluding carboxylic acids is 1. The maximum absolute atomic E-state index is 12.0. The van der Waals surface area contributed by atoms with Crippen molar-refractivity contribution in [3.63, 3.8) is 0 Å². The minimum Gasteiger partial charge on any atom is -0.287 e. The van der Waals surface area contributed by atoms with E-state index < -0.39 is 10.7 Å². The van der Waals surface area contributed by atoms with Crippen LogP contribution < -0.4 is 0 Å². The lowest BCUT2D eigenvalue weighted by Crippen LogP contribution is -2.01. The van der Waals surface area contributed by atoms with E-state index in [-0.39, 0.29) is 11.4 Å². The van der Waals surface area contributed by atoms with Crippen LogP contribution in [0, 0.1) is 17.0 Å². The van der Waals surface area contributed by atoms with Gasteiger partial charge in [-0.15, -0.1) is 0 Å². The van der Waals surface area contributed by atoms with Gasteiger partial charge in [-0.1, -0.05) is 0 Å². The Bertz CT molecular complexity index is 711. The summed E-state index contributed by atoms with van der Waals surface area (Å²) < 4.78 is 2.86. The third-order valence-electron chi connectivity index (χ3n) is 2.68. The molecular formula is C12H13N5O3. The highest BCUT2D eigenvalue weighted by Crippen LogP contribution is 2.17. The maximum Gasteiger partial charge on any atom is 0.318 e. The lowest BCUT2D eigenvalue weighted by atomic mass is 10.2. The van der Waals surface area contributed by atoms with E-state index in [0.717, 1.165) is 11.4 Å². The second kappa shape index (κ2) is 5.08. The zero-order valence-electron chi connectivity index (χ0n) is 11.3. The number of hydrogen-bond donors (Lipinski definition) is 0. The van der Waals surface area contributed by atoms with Gasteiger partial charge in [-0.3, -0.25) is 24.3 Å². The molecule has 0 unspecified atom stereocenters. The zero-order valence-corrected chi connectivity index (χ0v) is 11.3. The average Bonchev–Trinajstić information content (AvgIpc) is 2.89. The minimum atomic E-state index is -0.623. The first-order valence-corrected chi connectivity index (χ1v) is 5.79. The van der Waals surface area contributed by atoms with Gasteiger partial charge in [0.05, 0.1) is 16.3 Å². The van der Waals surface area contributed by atoms with Crippen LogP contribution in [0.1, 0.15) is 21.9 Å². The van der Waals surface area contributed by atoms with Crippen molar-refractivity contribution in [2.45, 2.75) is 6.92 Å². The van der Waals surface area contributed by atoms with E-state index in [1.54, 1.807) is 23.9 Å². The van der Waals surface area contributed by atoms with Crippen molar-refractivity contribution in [3.05, 3.63) is 45.5 Å². The topological polar surface area (TPSA) is 95.9 Å². The maximum atomic E-state index is 12.0. The van der Waals surface area contributed by atoms with E-state index in [9.17, 15) is 14.9 Å². The van der Waals surface area contributed by atoms with Crippen molar-refractivity contribution in [3.8, 4) is 0 Å². The van der Waals surface area contributed by atoms with E-state index in [2.05, 4.69) is 10.2 Å². The molecule has 0 aliphatic rings. The van der Waals surface area contributed by atoms with E-state index in [1.165, 1.54) is 24.0 Å². The largest absolute Gasteiger partial charge is 0.318 e. The smallest absolute Gasteiger partial charge is 0.287 e. The summed E-state index contributed by atoms with van der Waals surface area (Å²) in [5.74, 6) is -0.517. The monoisotopic (exact) mass is 275 g/mol. The van der Waals surface area contributed by atoms with E-state index in [4.69, 9.17) is 0 Å². The molecule has 0 fully saturated rings. The standard InChI is InChI=1S/C12H13N5O3/c1-8-6-9(16(3)13-8)4-5-11(18)12-10(17(19)20)7-15(2)14-12/h4-7H,1-3H3/b5-4+. The quantitative estimate of drug-likeness (QED) is 0.362. The van der Waals surface area contributed by atoms with E-state index in [0.29, 0.717) is 0 Å². The molecule has 0 radical (unpaired) electrons. The van der Waals surface area contributed by atoms with Crippen molar-refractivity contribution < 1.29 is 9.72 Å². The van der Waals surface area contributed by atoms with Crippen LogP contribution in [0.5, 0.6) is 0 Å². The number of aromatic nitrogens is 4. The van der Waals surface area contributed by atoms with E-state index in [1.807, 2.05) is 6.92 Å². The molecule has 0 N–H and O–H groups in total. The van der Waals surface area contributed by atoms with Crippen molar-refractivity contribution in [1.82, 2.24) is 19.6 Å². The predicted molar refractivity (Wildman–Crippen MR) is 71.2 cm³/mol. The Morgan fingerprint density at radius 1 is 1.40 bits per heavy atom. The first kappa shape index (κ1) is 13.7. The highest BCUT2D eigenvalue weighted by molar-refractivity contribution is 6.07. The highest BCUT2D eigenvalue weighted by Gasteiger charge is 2.23. The van der Waals surface area contributed by atoms with Crippen molar-refractivity contribution in [2.24, 2.45) is 14.1 Å². The molecule has 0 bridgehead atoms. The number of nitrogens with zero attached hydrogens (tertiary/aromatic N) is 5. The molecule has 0 spiro atoms. The van der Waals surface area contributed by atoms with Crippen LogP contribution >= 0.6 is 0 Å². The Morgan fingerprint density at radius 3 is 2.65 bits per heavy atom. The molecule has 2 heterocycles. The van der Waals surface area contributed by atoms with Gasteiger partial charge < -0.3 is 0 Å². The molecule has 0 aliphatic heterocycles. The van der Waals surface area contributed by atoms with Gasteiger partial charge in [0, 0.05) is 14.1 Å². The zero-order chi connectivity index (χ0) is 14.9. The lowest BCUT2D eigenvalue weighted by Gasteiger charge is -1.93. The molecule has 2 aromatic rings. The van der Waals surface area contributed by atoms with Gasteiger partial charge in [0.1, 0.15) is 6.20 Å². The molecule has 0 amide bonds. The third-order valence-corrected chi connectivity index (χ3v) is 2.68. The van der Waals surface area contributed by atoms with Gasteiger partial charge in [-0.25, -0.2) is 0 Å². The van der Waals surface area contributed by atoms with Gasteiger partial charge in [-0.2, -0.15) is 10.2 Å². The summed E-state index contributed by atoms with van der Waals surface area (Å²) in [5, 5.41) is 18.8. The first-order chi connectivity index (χ1) is 9.38. The summed E-state index contributed by atoms with van der Waals surface area (Å²) in [6.07, 6.45) is 4.02. The molecule has 0 saturated carbocycles. The van der Waals surface area contributed by atoms with Gasteiger partial charge >= 0.3 is 5.69 Å². The number of carbonyl (C=O) groups is 1. The Kier molecular flexibility index (Phi) is 3.47. The molecule has 0 saturated heterocycles. The van der Waals surface area contributed by atoms with Crippen LogP contribution in [0.4, 0.5) is 5.69 Å². The average molecular weight is 275 g/mol. The van der Waals surface area contributed by atoms with Crippen LogP contribution in [-0.4, -0.2) is 30.3 Å². The highest BCUT2D eigenvalue weighted by atomic mass is 16.6. The summed E-state index contributed by atoms with van der Waals surface area (Å²) in [6, 6.07) is 1.80. The van der Waals surface area contributed by atoms with Gasteiger partial charge in [0.25, 0.3) is 0 Å². The molecule has 8 heteroatoms. The molecule has 20 heavy (non-hydrogen) atoms. The van der Waals surface area contributed by atoms with Gasteiger partial charge in [-0.05, 0) is 25.1 Å². The summed E-state index contributed by atoms with van der Waals surface area (Å²) in [5.41, 5.74) is 1.08. The molecular weight excluding hydrogens is 262 g/mol.